The third-order valence-corrected chi connectivity index (χ3v) is 2.55. The van der Waals surface area contributed by atoms with Crippen LogP contribution in [0.15, 0.2) is 18.2 Å². The highest BCUT2D eigenvalue weighted by Gasteiger charge is 2.16. The second-order valence-corrected chi connectivity index (χ2v) is 4.42. The van der Waals surface area contributed by atoms with E-state index in [2.05, 4.69) is 5.32 Å². The lowest BCUT2D eigenvalue weighted by Crippen LogP contribution is -2.41. The van der Waals surface area contributed by atoms with E-state index in [0.717, 1.165) is 12.1 Å². The second kappa shape index (κ2) is 6.26. The summed E-state index contributed by atoms with van der Waals surface area (Å²) >= 11 is 0. The van der Waals surface area contributed by atoms with Gasteiger partial charge in [0.15, 0.2) is 11.6 Å². The Morgan fingerprint density at radius 3 is 2.37 bits per heavy atom. The molecule has 0 radical (unpaired) electrons. The molecule has 0 atom stereocenters. The van der Waals surface area contributed by atoms with Crippen molar-refractivity contribution in [3.8, 4) is 0 Å². The van der Waals surface area contributed by atoms with Gasteiger partial charge in [-0.2, -0.15) is 0 Å². The number of carbonyl (C=O) groups excluding carboxylic acids is 2. The Labute approximate surface area is 110 Å². The van der Waals surface area contributed by atoms with Crippen LogP contribution in [-0.2, 0) is 9.59 Å². The van der Waals surface area contributed by atoms with Gasteiger partial charge in [-0.05, 0) is 26.0 Å². The Morgan fingerprint density at radius 2 is 1.89 bits per heavy atom. The molecule has 6 heteroatoms. The highest BCUT2D eigenvalue weighted by molar-refractivity contribution is 5.94. The van der Waals surface area contributed by atoms with Crippen LogP contribution in [-0.4, -0.2) is 29.3 Å². The Balaban J connectivity index is 2.69. The molecule has 0 spiro atoms. The molecule has 2 amide bonds. The van der Waals surface area contributed by atoms with Crippen molar-refractivity contribution in [3.63, 3.8) is 0 Å². The van der Waals surface area contributed by atoms with Crippen LogP contribution in [0.1, 0.15) is 20.8 Å². The summed E-state index contributed by atoms with van der Waals surface area (Å²) in [4.78, 5) is 24.4. The predicted molar refractivity (Wildman–Crippen MR) is 67.5 cm³/mol. The lowest BCUT2D eigenvalue weighted by Gasteiger charge is -2.24. The summed E-state index contributed by atoms with van der Waals surface area (Å²) in [6.07, 6.45) is 0. The molecule has 0 aliphatic heterocycles. The van der Waals surface area contributed by atoms with Crippen LogP contribution in [0, 0.1) is 11.6 Å². The first-order valence-corrected chi connectivity index (χ1v) is 5.83. The monoisotopic (exact) mass is 270 g/mol. The molecule has 0 saturated heterocycles. The van der Waals surface area contributed by atoms with Gasteiger partial charge in [-0.1, -0.05) is 0 Å². The van der Waals surface area contributed by atoms with Gasteiger partial charge in [-0.25, -0.2) is 8.78 Å². The summed E-state index contributed by atoms with van der Waals surface area (Å²) < 4.78 is 25.7. The second-order valence-electron chi connectivity index (χ2n) is 4.42. The number of nitrogens with one attached hydrogen (secondary N) is 1. The fraction of sp³-hybridized carbons (Fsp3) is 0.385. The minimum atomic E-state index is -1.04. The fourth-order valence-electron chi connectivity index (χ4n) is 1.59. The van der Waals surface area contributed by atoms with Gasteiger partial charge in [0.05, 0.1) is 0 Å². The summed E-state index contributed by atoms with van der Waals surface area (Å²) in [7, 11) is 0. The van der Waals surface area contributed by atoms with E-state index >= 15 is 0 Å². The van der Waals surface area contributed by atoms with Gasteiger partial charge in [0.25, 0.3) is 0 Å². The Bertz CT molecular complexity index is 490. The predicted octanol–water partition coefficient (Wildman–Crippen LogP) is 2.16. The molecule has 0 aromatic heterocycles. The number of hydrogen-bond acceptors (Lipinski definition) is 2. The van der Waals surface area contributed by atoms with Gasteiger partial charge in [-0.3, -0.25) is 9.59 Å². The van der Waals surface area contributed by atoms with E-state index in [1.54, 1.807) is 13.8 Å². The largest absolute Gasteiger partial charge is 0.331 e. The van der Waals surface area contributed by atoms with E-state index in [4.69, 9.17) is 0 Å². The van der Waals surface area contributed by atoms with Crippen LogP contribution >= 0.6 is 0 Å². The van der Waals surface area contributed by atoms with Crippen molar-refractivity contribution in [1.82, 2.24) is 4.90 Å². The molecule has 4 nitrogen and oxygen atoms in total. The van der Waals surface area contributed by atoms with Gasteiger partial charge in [0.1, 0.15) is 6.54 Å². The number of carbonyl (C=O) groups is 2. The number of anilines is 1. The standard InChI is InChI=1S/C13H16F2N2O2/c1-8(2)17(9(3)18)7-13(19)16-10-4-5-11(14)12(15)6-10/h4-6,8H,7H2,1-3H3,(H,16,19). The SMILES string of the molecule is CC(=O)N(CC(=O)Nc1ccc(F)c(F)c1)C(C)C. The molecule has 19 heavy (non-hydrogen) atoms. The van der Waals surface area contributed by atoms with Crippen LogP contribution < -0.4 is 5.32 Å². The van der Waals surface area contributed by atoms with Gasteiger partial charge < -0.3 is 10.2 Å². The number of amides is 2. The van der Waals surface area contributed by atoms with Crippen molar-refractivity contribution in [2.75, 3.05) is 11.9 Å². The Hall–Kier alpha value is -1.98. The average Bonchev–Trinajstić information content (AvgIpc) is 2.30. The molecule has 1 aromatic carbocycles. The highest BCUT2D eigenvalue weighted by Crippen LogP contribution is 2.13. The minimum Gasteiger partial charge on any atom is -0.331 e. The van der Waals surface area contributed by atoms with Gasteiger partial charge in [0, 0.05) is 24.7 Å². The van der Waals surface area contributed by atoms with Crippen molar-refractivity contribution in [2.24, 2.45) is 0 Å². The summed E-state index contributed by atoms with van der Waals surface area (Å²) in [5, 5.41) is 2.41. The number of halogens is 2. The minimum absolute atomic E-state index is 0.117. The van der Waals surface area contributed by atoms with Crippen LogP contribution in [0.4, 0.5) is 14.5 Å². The smallest absolute Gasteiger partial charge is 0.244 e. The van der Waals surface area contributed by atoms with E-state index in [-0.39, 0.29) is 24.2 Å². The van der Waals surface area contributed by atoms with Crippen molar-refractivity contribution < 1.29 is 18.4 Å². The molecular weight excluding hydrogens is 254 g/mol. The van der Waals surface area contributed by atoms with Crippen LogP contribution in [0.25, 0.3) is 0 Å². The molecule has 0 aliphatic rings. The molecule has 104 valence electrons. The lowest BCUT2D eigenvalue weighted by molar-refractivity contribution is -0.134. The van der Waals surface area contributed by atoms with E-state index < -0.39 is 17.5 Å². The molecule has 0 fully saturated rings. The Morgan fingerprint density at radius 1 is 1.26 bits per heavy atom. The van der Waals surface area contributed by atoms with E-state index in [9.17, 15) is 18.4 Å². The first kappa shape index (κ1) is 15.1. The molecule has 0 aliphatic carbocycles. The maximum atomic E-state index is 13.0. The lowest BCUT2D eigenvalue weighted by atomic mass is 10.2. The zero-order valence-corrected chi connectivity index (χ0v) is 11.0. The van der Waals surface area contributed by atoms with Crippen LogP contribution in [0.2, 0.25) is 0 Å². The molecule has 0 heterocycles. The average molecular weight is 270 g/mol. The summed E-state index contributed by atoms with van der Waals surface area (Å²) in [5.41, 5.74) is 0.149. The van der Waals surface area contributed by atoms with E-state index in [1.165, 1.54) is 17.9 Å². The zero-order chi connectivity index (χ0) is 14.6. The highest BCUT2D eigenvalue weighted by atomic mass is 19.2. The normalized spacial score (nSPS) is 10.4. The molecule has 1 rings (SSSR count). The number of nitrogens with zero attached hydrogens (tertiary/aromatic N) is 1. The first-order valence-electron chi connectivity index (χ1n) is 5.83. The summed E-state index contributed by atoms with van der Waals surface area (Å²) in [6, 6.07) is 2.95. The third-order valence-electron chi connectivity index (χ3n) is 2.55. The van der Waals surface area contributed by atoms with Gasteiger partial charge in [-0.15, -0.1) is 0 Å². The molecule has 0 bridgehead atoms. The van der Waals surface area contributed by atoms with Gasteiger partial charge in [0.2, 0.25) is 11.8 Å². The molecule has 0 unspecified atom stereocenters. The molecular formula is C13H16F2N2O2. The maximum Gasteiger partial charge on any atom is 0.244 e. The number of hydrogen-bond donors (Lipinski definition) is 1. The zero-order valence-electron chi connectivity index (χ0n) is 11.0. The third kappa shape index (κ3) is 4.31. The van der Waals surface area contributed by atoms with Crippen molar-refractivity contribution in [1.29, 1.82) is 0 Å². The van der Waals surface area contributed by atoms with Crippen molar-refractivity contribution in [2.45, 2.75) is 26.8 Å². The van der Waals surface area contributed by atoms with E-state index in [1.807, 2.05) is 0 Å². The molecule has 0 saturated carbocycles. The first-order chi connectivity index (χ1) is 8.81. The van der Waals surface area contributed by atoms with Crippen molar-refractivity contribution >= 4 is 17.5 Å². The quantitative estimate of drug-likeness (QED) is 0.911. The summed E-state index contributed by atoms with van der Waals surface area (Å²) in [6.45, 7) is 4.80. The summed E-state index contributed by atoms with van der Waals surface area (Å²) in [5.74, 6) is -2.71. The van der Waals surface area contributed by atoms with Crippen molar-refractivity contribution in [3.05, 3.63) is 29.8 Å². The topological polar surface area (TPSA) is 49.4 Å². The maximum absolute atomic E-state index is 13.0. The molecule has 1 N–H and O–H groups in total. The van der Waals surface area contributed by atoms with E-state index in [0.29, 0.717) is 0 Å². The fourth-order valence-corrected chi connectivity index (χ4v) is 1.59. The Kier molecular flexibility index (Phi) is 4.97. The van der Waals surface area contributed by atoms with Gasteiger partial charge >= 0.3 is 0 Å². The van der Waals surface area contributed by atoms with Crippen LogP contribution in [0.5, 0.6) is 0 Å². The number of rotatable bonds is 4. The van der Waals surface area contributed by atoms with Crippen LogP contribution in [0.3, 0.4) is 0 Å². The number of benzene rings is 1. The molecule has 1 aromatic rings.